The zero-order valence-corrected chi connectivity index (χ0v) is 11.9. The summed E-state index contributed by atoms with van der Waals surface area (Å²) in [5, 5.41) is 7.08. The summed E-state index contributed by atoms with van der Waals surface area (Å²) >= 11 is 3.24. The van der Waals surface area contributed by atoms with E-state index in [-0.39, 0.29) is 5.91 Å². The summed E-state index contributed by atoms with van der Waals surface area (Å²) in [4.78, 5) is 16.2. The summed E-state index contributed by atoms with van der Waals surface area (Å²) in [6, 6.07) is 5.22. The van der Waals surface area contributed by atoms with Gasteiger partial charge in [-0.05, 0) is 41.9 Å². The fraction of sp³-hybridized carbons (Fsp3) is 0.250. The van der Waals surface area contributed by atoms with Crippen LogP contribution in [-0.4, -0.2) is 20.7 Å². The van der Waals surface area contributed by atoms with Crippen molar-refractivity contribution in [3.8, 4) is 0 Å². The third-order valence-corrected chi connectivity index (χ3v) is 3.14. The number of halogens is 1. The van der Waals surface area contributed by atoms with Crippen LogP contribution in [0, 0.1) is 13.8 Å². The molecule has 5 nitrogen and oxygen atoms in total. The molecule has 0 spiro atoms. The van der Waals surface area contributed by atoms with Crippen LogP contribution in [0.25, 0.3) is 0 Å². The first kappa shape index (κ1) is 12.8. The summed E-state index contributed by atoms with van der Waals surface area (Å²) in [5.41, 5.74) is 2.81. The maximum atomic E-state index is 12.0. The van der Waals surface area contributed by atoms with Crippen molar-refractivity contribution in [1.82, 2.24) is 14.8 Å². The summed E-state index contributed by atoms with van der Waals surface area (Å²) < 4.78 is 2.37. The van der Waals surface area contributed by atoms with Gasteiger partial charge in [-0.2, -0.15) is 5.10 Å². The molecule has 18 heavy (non-hydrogen) atoms. The standard InChI is InChI=1S/C12H13BrN4O/c1-7-11(8(2)17(3)16-7)15-12(18)9-5-4-6-10(13)14-9/h4-6H,1-3H3,(H,15,18). The number of nitrogens with one attached hydrogen (secondary N) is 1. The quantitative estimate of drug-likeness (QED) is 0.867. The predicted molar refractivity (Wildman–Crippen MR) is 72.6 cm³/mol. The average Bonchev–Trinajstić information content (AvgIpc) is 2.56. The molecule has 0 atom stereocenters. The molecule has 0 unspecified atom stereocenters. The van der Waals surface area contributed by atoms with Crippen LogP contribution >= 0.6 is 15.9 Å². The molecular weight excluding hydrogens is 296 g/mol. The number of pyridine rings is 1. The SMILES string of the molecule is Cc1nn(C)c(C)c1NC(=O)c1cccc(Br)n1. The van der Waals surface area contributed by atoms with Gasteiger partial charge < -0.3 is 5.32 Å². The van der Waals surface area contributed by atoms with Gasteiger partial charge in [0, 0.05) is 7.05 Å². The molecular formula is C12H13BrN4O. The highest BCUT2D eigenvalue weighted by Crippen LogP contribution is 2.19. The highest BCUT2D eigenvalue weighted by atomic mass is 79.9. The molecule has 0 fully saturated rings. The predicted octanol–water partition coefficient (Wildman–Crippen LogP) is 2.45. The largest absolute Gasteiger partial charge is 0.317 e. The highest BCUT2D eigenvalue weighted by molar-refractivity contribution is 9.10. The van der Waals surface area contributed by atoms with Crippen LogP contribution in [0.1, 0.15) is 21.9 Å². The van der Waals surface area contributed by atoms with Crippen molar-refractivity contribution in [3.05, 3.63) is 39.9 Å². The maximum Gasteiger partial charge on any atom is 0.274 e. The zero-order chi connectivity index (χ0) is 13.3. The number of hydrogen-bond acceptors (Lipinski definition) is 3. The molecule has 0 bridgehead atoms. The number of carbonyl (C=O) groups is 1. The van der Waals surface area contributed by atoms with E-state index in [9.17, 15) is 4.79 Å². The second kappa shape index (κ2) is 4.89. The minimum atomic E-state index is -0.240. The van der Waals surface area contributed by atoms with E-state index in [1.807, 2.05) is 20.9 Å². The van der Waals surface area contributed by atoms with Crippen LogP contribution in [-0.2, 0) is 7.05 Å². The molecule has 94 valence electrons. The van der Waals surface area contributed by atoms with Crippen molar-refractivity contribution in [2.24, 2.45) is 7.05 Å². The van der Waals surface area contributed by atoms with Gasteiger partial charge >= 0.3 is 0 Å². The second-order valence-corrected chi connectivity index (χ2v) is 4.78. The molecule has 2 heterocycles. The highest BCUT2D eigenvalue weighted by Gasteiger charge is 2.14. The minimum Gasteiger partial charge on any atom is -0.317 e. The number of carbonyl (C=O) groups excluding carboxylic acids is 1. The lowest BCUT2D eigenvalue weighted by molar-refractivity contribution is 0.102. The minimum absolute atomic E-state index is 0.240. The van der Waals surface area contributed by atoms with E-state index >= 15 is 0 Å². The molecule has 6 heteroatoms. The molecule has 0 aliphatic heterocycles. The first-order chi connectivity index (χ1) is 8.49. The van der Waals surface area contributed by atoms with Gasteiger partial charge in [0.2, 0.25) is 0 Å². The number of hydrogen-bond donors (Lipinski definition) is 1. The molecule has 1 N–H and O–H groups in total. The van der Waals surface area contributed by atoms with Gasteiger partial charge in [-0.25, -0.2) is 4.98 Å². The molecule has 0 radical (unpaired) electrons. The van der Waals surface area contributed by atoms with Crippen molar-refractivity contribution in [3.63, 3.8) is 0 Å². The third kappa shape index (κ3) is 2.43. The fourth-order valence-corrected chi connectivity index (χ4v) is 2.01. The Balaban J connectivity index is 2.27. The van der Waals surface area contributed by atoms with Crippen molar-refractivity contribution in [1.29, 1.82) is 0 Å². The monoisotopic (exact) mass is 308 g/mol. The zero-order valence-electron chi connectivity index (χ0n) is 10.4. The molecule has 0 aromatic carbocycles. The fourth-order valence-electron chi connectivity index (χ4n) is 1.67. The summed E-state index contributed by atoms with van der Waals surface area (Å²) in [6.07, 6.45) is 0. The number of aromatic nitrogens is 3. The van der Waals surface area contributed by atoms with Crippen LogP contribution in [0.3, 0.4) is 0 Å². The van der Waals surface area contributed by atoms with Gasteiger partial charge in [0.15, 0.2) is 0 Å². The van der Waals surface area contributed by atoms with E-state index in [4.69, 9.17) is 0 Å². The number of anilines is 1. The van der Waals surface area contributed by atoms with Gasteiger partial charge in [0.05, 0.1) is 17.1 Å². The Hall–Kier alpha value is -1.69. The Morgan fingerprint density at radius 2 is 2.11 bits per heavy atom. The molecule has 1 amide bonds. The van der Waals surface area contributed by atoms with E-state index in [1.54, 1.807) is 22.9 Å². The van der Waals surface area contributed by atoms with Crippen molar-refractivity contribution >= 4 is 27.5 Å². The van der Waals surface area contributed by atoms with Crippen molar-refractivity contribution < 1.29 is 4.79 Å². The summed E-state index contributed by atoms with van der Waals surface area (Å²) in [5.74, 6) is -0.240. The molecule has 0 aliphatic rings. The topological polar surface area (TPSA) is 59.8 Å². The van der Waals surface area contributed by atoms with Gasteiger partial charge in [-0.1, -0.05) is 6.07 Å². The van der Waals surface area contributed by atoms with Gasteiger partial charge in [-0.15, -0.1) is 0 Å². The lowest BCUT2D eigenvalue weighted by Crippen LogP contribution is -2.14. The lowest BCUT2D eigenvalue weighted by atomic mass is 10.3. The molecule has 0 saturated carbocycles. The molecule has 0 aliphatic carbocycles. The molecule has 2 aromatic rings. The molecule has 2 rings (SSSR count). The van der Waals surface area contributed by atoms with Gasteiger partial charge in [-0.3, -0.25) is 9.48 Å². The Morgan fingerprint density at radius 3 is 2.67 bits per heavy atom. The summed E-state index contributed by atoms with van der Waals surface area (Å²) in [7, 11) is 1.84. The van der Waals surface area contributed by atoms with E-state index in [2.05, 4.69) is 31.3 Å². The number of nitrogens with zero attached hydrogens (tertiary/aromatic N) is 3. The molecule has 2 aromatic heterocycles. The first-order valence-electron chi connectivity index (χ1n) is 5.43. The lowest BCUT2D eigenvalue weighted by Gasteiger charge is -2.05. The maximum absolute atomic E-state index is 12.0. The number of aryl methyl sites for hydroxylation is 2. The Morgan fingerprint density at radius 1 is 1.39 bits per heavy atom. The smallest absolute Gasteiger partial charge is 0.274 e. The van der Waals surface area contributed by atoms with Gasteiger partial charge in [0.1, 0.15) is 10.3 Å². The third-order valence-electron chi connectivity index (χ3n) is 2.70. The van der Waals surface area contributed by atoms with Crippen LogP contribution in [0.5, 0.6) is 0 Å². The van der Waals surface area contributed by atoms with Crippen molar-refractivity contribution in [2.75, 3.05) is 5.32 Å². The normalized spacial score (nSPS) is 10.4. The van der Waals surface area contributed by atoms with Gasteiger partial charge in [0.25, 0.3) is 5.91 Å². The van der Waals surface area contributed by atoms with Crippen LogP contribution in [0.4, 0.5) is 5.69 Å². The Labute approximate surface area is 113 Å². The summed E-state index contributed by atoms with van der Waals surface area (Å²) in [6.45, 7) is 3.76. The van der Waals surface area contributed by atoms with Crippen LogP contribution < -0.4 is 5.32 Å². The van der Waals surface area contributed by atoms with E-state index in [0.717, 1.165) is 17.1 Å². The number of rotatable bonds is 2. The van der Waals surface area contributed by atoms with E-state index < -0.39 is 0 Å². The van der Waals surface area contributed by atoms with E-state index in [0.29, 0.717) is 10.3 Å². The number of amides is 1. The van der Waals surface area contributed by atoms with Crippen LogP contribution in [0.2, 0.25) is 0 Å². The van der Waals surface area contributed by atoms with Crippen molar-refractivity contribution in [2.45, 2.75) is 13.8 Å². The Bertz CT molecular complexity index is 606. The van der Waals surface area contributed by atoms with Crippen LogP contribution in [0.15, 0.2) is 22.8 Å². The Kier molecular flexibility index (Phi) is 3.47. The first-order valence-corrected chi connectivity index (χ1v) is 6.22. The second-order valence-electron chi connectivity index (χ2n) is 3.97. The molecule has 0 saturated heterocycles. The van der Waals surface area contributed by atoms with E-state index in [1.165, 1.54) is 0 Å². The average molecular weight is 309 g/mol.